The van der Waals surface area contributed by atoms with Crippen molar-refractivity contribution in [1.82, 2.24) is 20.0 Å². The monoisotopic (exact) mass is 365 g/mol. The Hall–Kier alpha value is -2.55. The summed E-state index contributed by atoms with van der Waals surface area (Å²) < 4.78 is 40.8. The lowest BCUT2D eigenvalue weighted by Gasteiger charge is -2.12. The largest absolute Gasteiger partial charge is 0.433 e. The molecule has 0 unspecified atom stereocenters. The van der Waals surface area contributed by atoms with Gasteiger partial charge in [-0.05, 0) is 36.6 Å². The highest BCUT2D eigenvalue weighted by Gasteiger charge is 2.36. The van der Waals surface area contributed by atoms with E-state index >= 15 is 0 Å². The van der Waals surface area contributed by atoms with Crippen LogP contribution in [0, 0.1) is 0 Å². The molecule has 0 amide bonds. The number of nitrogens with two attached hydrogens (primary N) is 1. The smallest absolute Gasteiger partial charge is 0.398 e. The maximum atomic E-state index is 13.1. The summed E-state index contributed by atoms with van der Waals surface area (Å²) in [4.78, 5) is 4.53. The first-order valence-electron chi connectivity index (χ1n) is 7.24. The Morgan fingerprint density at radius 3 is 2.52 bits per heavy atom. The zero-order chi connectivity index (χ0) is 18.0. The van der Waals surface area contributed by atoms with Gasteiger partial charge < -0.3 is 5.73 Å². The molecule has 25 heavy (non-hydrogen) atoms. The molecule has 0 aliphatic rings. The normalized spacial score (nSPS) is 11.7. The van der Waals surface area contributed by atoms with E-state index in [2.05, 4.69) is 15.3 Å². The Morgan fingerprint density at radius 1 is 1.16 bits per heavy atom. The molecule has 0 fully saturated rings. The second-order valence-electron chi connectivity index (χ2n) is 5.25. The molecule has 9 heteroatoms. The van der Waals surface area contributed by atoms with Crippen LogP contribution in [0.2, 0.25) is 0 Å². The average molecular weight is 365 g/mol. The molecule has 3 rings (SSSR count). The molecule has 0 aliphatic heterocycles. The van der Waals surface area contributed by atoms with Crippen molar-refractivity contribution in [2.45, 2.75) is 17.5 Å². The zero-order valence-corrected chi connectivity index (χ0v) is 14.0. The van der Waals surface area contributed by atoms with Crippen molar-refractivity contribution in [2.24, 2.45) is 0 Å². The van der Waals surface area contributed by atoms with E-state index in [0.29, 0.717) is 5.69 Å². The molecule has 2 aromatic heterocycles. The van der Waals surface area contributed by atoms with Gasteiger partial charge in [0, 0.05) is 28.8 Å². The van der Waals surface area contributed by atoms with E-state index in [-0.39, 0.29) is 17.7 Å². The lowest BCUT2D eigenvalue weighted by atomic mass is 10.1. The number of hydrogen-bond donors (Lipinski definition) is 1. The Labute approximate surface area is 146 Å². The molecule has 0 aliphatic carbocycles. The van der Waals surface area contributed by atoms with Gasteiger partial charge in [0.2, 0.25) is 0 Å². The van der Waals surface area contributed by atoms with Crippen LogP contribution in [0.5, 0.6) is 0 Å². The number of alkyl halides is 3. The Balaban J connectivity index is 1.89. The van der Waals surface area contributed by atoms with E-state index in [1.807, 2.05) is 30.5 Å². The van der Waals surface area contributed by atoms with Gasteiger partial charge in [0.1, 0.15) is 5.69 Å². The molecular formula is C16H14F3N5S. The minimum atomic E-state index is -4.58. The number of hydrogen-bond acceptors (Lipinski definition) is 5. The Bertz CT molecular complexity index is 874. The molecule has 5 nitrogen and oxygen atoms in total. The van der Waals surface area contributed by atoms with Gasteiger partial charge in [-0.2, -0.15) is 13.2 Å². The van der Waals surface area contributed by atoms with Crippen molar-refractivity contribution in [1.29, 1.82) is 0 Å². The van der Waals surface area contributed by atoms with Crippen molar-refractivity contribution in [3.05, 3.63) is 59.7 Å². The van der Waals surface area contributed by atoms with E-state index in [0.717, 1.165) is 16.8 Å². The fourth-order valence-electron chi connectivity index (χ4n) is 2.36. The number of pyridine rings is 1. The van der Waals surface area contributed by atoms with Crippen molar-refractivity contribution in [3.8, 4) is 5.69 Å². The summed E-state index contributed by atoms with van der Waals surface area (Å²) in [6.45, 7) is 0. The van der Waals surface area contributed by atoms with Gasteiger partial charge >= 0.3 is 6.18 Å². The summed E-state index contributed by atoms with van der Waals surface area (Å²) in [5.41, 5.74) is 5.80. The topological polar surface area (TPSA) is 69.6 Å². The van der Waals surface area contributed by atoms with Crippen LogP contribution in [0.15, 0.2) is 47.6 Å². The van der Waals surface area contributed by atoms with Crippen LogP contribution < -0.4 is 5.73 Å². The second kappa shape index (κ2) is 6.75. The number of benzene rings is 1. The average Bonchev–Trinajstić information content (AvgIpc) is 3.04. The Kier molecular flexibility index (Phi) is 4.67. The first-order valence-corrected chi connectivity index (χ1v) is 8.47. The van der Waals surface area contributed by atoms with Gasteiger partial charge in [-0.25, -0.2) is 4.68 Å². The number of nitrogens with zero attached hydrogens (tertiary/aromatic N) is 4. The van der Waals surface area contributed by atoms with E-state index in [1.54, 1.807) is 18.0 Å². The van der Waals surface area contributed by atoms with E-state index in [4.69, 9.17) is 5.73 Å². The fraction of sp³-hybridized carbons (Fsp3) is 0.188. The summed E-state index contributed by atoms with van der Waals surface area (Å²) in [6, 6.07) is 8.94. The highest BCUT2D eigenvalue weighted by atomic mass is 32.2. The molecule has 0 saturated heterocycles. The van der Waals surface area contributed by atoms with E-state index in [1.165, 1.54) is 10.7 Å². The summed E-state index contributed by atoms with van der Waals surface area (Å²) in [6.07, 6.45) is -0.0720. The van der Waals surface area contributed by atoms with Crippen LogP contribution in [0.4, 0.5) is 18.9 Å². The first kappa shape index (κ1) is 17.3. The summed E-state index contributed by atoms with van der Waals surface area (Å²) >= 11 is 1.61. The van der Waals surface area contributed by atoms with Crippen LogP contribution in [-0.4, -0.2) is 26.2 Å². The van der Waals surface area contributed by atoms with Crippen LogP contribution in [0.3, 0.4) is 0 Å². The Morgan fingerprint density at radius 2 is 1.88 bits per heavy atom. The summed E-state index contributed by atoms with van der Waals surface area (Å²) in [5, 5.41) is 7.93. The van der Waals surface area contributed by atoms with Gasteiger partial charge in [-0.1, -0.05) is 5.21 Å². The third kappa shape index (κ3) is 3.76. The third-order valence-electron chi connectivity index (χ3n) is 3.60. The molecule has 2 heterocycles. The van der Waals surface area contributed by atoms with Crippen LogP contribution in [-0.2, 0) is 12.6 Å². The molecule has 0 spiro atoms. The van der Waals surface area contributed by atoms with Gasteiger partial charge in [-0.15, -0.1) is 16.9 Å². The number of thioether (sulfide) groups is 1. The van der Waals surface area contributed by atoms with E-state index < -0.39 is 11.9 Å². The molecular weight excluding hydrogens is 351 g/mol. The molecule has 3 aromatic rings. The van der Waals surface area contributed by atoms with Crippen molar-refractivity contribution in [3.63, 3.8) is 0 Å². The van der Waals surface area contributed by atoms with Gasteiger partial charge in [0.05, 0.1) is 17.6 Å². The zero-order valence-electron chi connectivity index (χ0n) is 13.2. The number of aromatic nitrogens is 4. The number of halogens is 3. The lowest BCUT2D eigenvalue weighted by Crippen LogP contribution is -2.14. The summed E-state index contributed by atoms with van der Waals surface area (Å²) in [5.74, 6) is 0. The van der Waals surface area contributed by atoms with Crippen molar-refractivity contribution in [2.75, 3.05) is 12.0 Å². The molecule has 0 saturated carbocycles. The number of nitrogen functional groups attached to an aromatic ring is 1. The summed E-state index contributed by atoms with van der Waals surface area (Å²) in [7, 11) is 0. The standard InChI is InChI=1S/C16H14F3N5S/c1-25-12-4-2-11(3-5-12)24-9-10(22-23-24)8-13-14(20)6-7-21-15(13)16(17,18)19/h2-7,9H,8H2,1H3,(H2,20,21). The van der Waals surface area contributed by atoms with Crippen LogP contribution >= 0.6 is 11.8 Å². The molecule has 0 atom stereocenters. The minimum Gasteiger partial charge on any atom is -0.398 e. The van der Waals surface area contributed by atoms with Gasteiger partial charge in [0.25, 0.3) is 0 Å². The lowest BCUT2D eigenvalue weighted by molar-refractivity contribution is -0.141. The van der Waals surface area contributed by atoms with Gasteiger partial charge in [0.15, 0.2) is 0 Å². The minimum absolute atomic E-state index is 0.0289. The predicted octanol–water partition coefficient (Wildman–Crippen LogP) is 3.58. The first-order chi connectivity index (χ1) is 11.9. The molecule has 1 aromatic carbocycles. The van der Waals surface area contributed by atoms with Crippen molar-refractivity contribution < 1.29 is 13.2 Å². The maximum Gasteiger partial charge on any atom is 0.433 e. The molecule has 130 valence electrons. The van der Waals surface area contributed by atoms with Gasteiger partial charge in [-0.3, -0.25) is 4.98 Å². The fourth-order valence-corrected chi connectivity index (χ4v) is 2.77. The quantitative estimate of drug-likeness (QED) is 0.716. The predicted molar refractivity (Wildman–Crippen MR) is 89.6 cm³/mol. The maximum absolute atomic E-state index is 13.1. The van der Waals surface area contributed by atoms with Crippen LogP contribution in [0.1, 0.15) is 17.0 Å². The molecule has 0 radical (unpaired) electrons. The highest BCUT2D eigenvalue weighted by molar-refractivity contribution is 7.98. The second-order valence-corrected chi connectivity index (χ2v) is 6.13. The third-order valence-corrected chi connectivity index (χ3v) is 4.34. The highest BCUT2D eigenvalue weighted by Crippen LogP contribution is 2.33. The number of anilines is 1. The van der Waals surface area contributed by atoms with E-state index in [9.17, 15) is 13.2 Å². The molecule has 2 N–H and O–H groups in total. The SMILES string of the molecule is CSc1ccc(-n2cc(Cc3c(N)ccnc3C(F)(F)F)nn2)cc1. The van der Waals surface area contributed by atoms with Crippen LogP contribution in [0.25, 0.3) is 5.69 Å². The number of rotatable bonds is 4. The molecule has 0 bridgehead atoms. The van der Waals surface area contributed by atoms with Crippen molar-refractivity contribution >= 4 is 17.4 Å².